The van der Waals surface area contributed by atoms with Crippen LogP contribution in [0.1, 0.15) is 31.4 Å². The van der Waals surface area contributed by atoms with Crippen molar-refractivity contribution >= 4 is 5.97 Å². The van der Waals surface area contributed by atoms with Gasteiger partial charge in [0.25, 0.3) is 0 Å². The van der Waals surface area contributed by atoms with Gasteiger partial charge in [-0.25, -0.2) is 4.39 Å². The Morgan fingerprint density at radius 2 is 2.14 bits per heavy atom. The van der Waals surface area contributed by atoms with Gasteiger partial charge in [-0.05, 0) is 38.9 Å². The van der Waals surface area contributed by atoms with Gasteiger partial charge in [-0.15, -0.1) is 0 Å². The summed E-state index contributed by atoms with van der Waals surface area (Å²) in [6.45, 7) is 3.55. The summed E-state index contributed by atoms with van der Waals surface area (Å²) < 4.78 is 25.0. The molecule has 1 aromatic rings. The number of likely N-dealkylation sites (tertiary alicyclic amines) is 1. The molecule has 2 atom stereocenters. The average Bonchev–Trinajstić information content (AvgIpc) is 2.93. The third kappa shape index (κ3) is 2.68. The number of aliphatic carboxylic acids is 1. The van der Waals surface area contributed by atoms with Crippen LogP contribution in [0.2, 0.25) is 0 Å². The zero-order valence-corrected chi connectivity index (χ0v) is 11.8. The number of hydrogen-bond acceptors (Lipinski definition) is 4. The van der Waals surface area contributed by atoms with Crippen molar-refractivity contribution in [1.29, 1.82) is 0 Å². The smallest absolute Gasteiger partial charge is 0.325 e. The molecule has 1 saturated heterocycles. The summed E-state index contributed by atoms with van der Waals surface area (Å²) in [5.41, 5.74) is 0.339. The van der Waals surface area contributed by atoms with Gasteiger partial charge in [0.2, 0.25) is 0 Å². The quantitative estimate of drug-likeness (QED) is 0.926. The van der Waals surface area contributed by atoms with Gasteiger partial charge in [-0.3, -0.25) is 9.69 Å². The molecule has 5 nitrogen and oxygen atoms in total. The van der Waals surface area contributed by atoms with Crippen LogP contribution in [-0.2, 0) is 4.79 Å². The molecule has 0 radical (unpaired) electrons. The highest BCUT2D eigenvalue weighted by Gasteiger charge is 2.35. The van der Waals surface area contributed by atoms with Gasteiger partial charge < -0.3 is 14.6 Å². The van der Waals surface area contributed by atoms with Crippen LogP contribution in [0.3, 0.4) is 0 Å². The van der Waals surface area contributed by atoms with Gasteiger partial charge >= 0.3 is 5.97 Å². The highest BCUT2D eigenvalue weighted by atomic mass is 19.1. The lowest BCUT2D eigenvalue weighted by Crippen LogP contribution is -2.34. The largest absolute Gasteiger partial charge is 0.486 e. The lowest BCUT2D eigenvalue weighted by Gasteiger charge is -2.30. The van der Waals surface area contributed by atoms with Crippen molar-refractivity contribution in [2.45, 2.75) is 31.9 Å². The van der Waals surface area contributed by atoms with E-state index in [1.807, 2.05) is 11.8 Å². The Balaban J connectivity index is 2.06. The first kappa shape index (κ1) is 14.1. The van der Waals surface area contributed by atoms with Crippen LogP contribution in [0.5, 0.6) is 11.5 Å². The molecule has 3 rings (SSSR count). The van der Waals surface area contributed by atoms with E-state index in [1.165, 1.54) is 12.1 Å². The Morgan fingerprint density at radius 1 is 1.43 bits per heavy atom. The fraction of sp³-hybridized carbons (Fsp3) is 0.533. The van der Waals surface area contributed by atoms with E-state index in [0.29, 0.717) is 31.0 Å². The van der Waals surface area contributed by atoms with E-state index < -0.39 is 17.8 Å². The number of nitrogens with zero attached hydrogens (tertiary/aromatic N) is 1. The minimum atomic E-state index is -0.994. The molecule has 2 aliphatic heterocycles. The minimum Gasteiger partial charge on any atom is -0.486 e. The number of halogens is 1. The second kappa shape index (κ2) is 5.52. The first-order chi connectivity index (χ1) is 10.1. The molecule has 6 heteroatoms. The summed E-state index contributed by atoms with van der Waals surface area (Å²) in [7, 11) is 0. The summed E-state index contributed by atoms with van der Waals surface area (Å²) >= 11 is 0. The van der Waals surface area contributed by atoms with E-state index in [4.69, 9.17) is 9.47 Å². The van der Waals surface area contributed by atoms with Gasteiger partial charge in [0.1, 0.15) is 24.6 Å². The van der Waals surface area contributed by atoms with Crippen LogP contribution >= 0.6 is 0 Å². The summed E-state index contributed by atoms with van der Waals surface area (Å²) in [6.07, 6.45) is 1.72. The number of carbonyl (C=O) groups is 1. The fourth-order valence-corrected chi connectivity index (χ4v) is 2.95. The van der Waals surface area contributed by atoms with Crippen LogP contribution in [0.4, 0.5) is 4.39 Å². The fourth-order valence-electron chi connectivity index (χ4n) is 2.95. The minimum absolute atomic E-state index is 0.185. The molecule has 1 fully saturated rings. The maximum atomic E-state index is 13.8. The molecule has 0 spiro atoms. The Bertz CT molecular complexity index is 557. The van der Waals surface area contributed by atoms with E-state index in [1.54, 1.807) is 0 Å². The van der Waals surface area contributed by atoms with Crippen LogP contribution in [0, 0.1) is 5.82 Å². The summed E-state index contributed by atoms with van der Waals surface area (Å²) in [5, 5.41) is 9.58. The monoisotopic (exact) mass is 295 g/mol. The predicted octanol–water partition coefficient (Wildman–Crippen LogP) is 2.21. The second-order valence-corrected chi connectivity index (χ2v) is 5.55. The molecule has 114 valence electrons. The molecule has 2 unspecified atom stereocenters. The molecule has 0 saturated carbocycles. The van der Waals surface area contributed by atoms with Crippen LogP contribution in [0.15, 0.2) is 12.1 Å². The number of benzene rings is 1. The molecule has 0 bridgehead atoms. The van der Waals surface area contributed by atoms with Crippen LogP contribution in [0.25, 0.3) is 0 Å². The van der Waals surface area contributed by atoms with Crippen molar-refractivity contribution < 1.29 is 23.8 Å². The Kier molecular flexibility index (Phi) is 3.71. The van der Waals surface area contributed by atoms with Crippen molar-refractivity contribution in [2.24, 2.45) is 0 Å². The van der Waals surface area contributed by atoms with E-state index >= 15 is 0 Å². The third-order valence-electron chi connectivity index (χ3n) is 3.88. The van der Waals surface area contributed by atoms with Crippen molar-refractivity contribution in [2.75, 3.05) is 19.7 Å². The maximum absolute atomic E-state index is 13.8. The number of fused-ring (bicyclic) bond motifs is 1. The molecular weight excluding hydrogens is 277 g/mol. The number of ether oxygens (including phenoxy) is 2. The molecule has 21 heavy (non-hydrogen) atoms. The number of carboxylic acid groups (broad SMARTS) is 1. The third-order valence-corrected chi connectivity index (χ3v) is 3.88. The number of rotatable bonds is 3. The number of carboxylic acids is 1. The van der Waals surface area contributed by atoms with E-state index in [0.717, 1.165) is 12.8 Å². The maximum Gasteiger partial charge on any atom is 0.325 e. The summed E-state index contributed by atoms with van der Waals surface area (Å²) in [4.78, 5) is 13.6. The molecule has 1 aromatic carbocycles. The molecule has 0 aromatic heterocycles. The molecule has 1 N–H and O–H groups in total. The zero-order valence-electron chi connectivity index (χ0n) is 11.8. The highest BCUT2D eigenvalue weighted by molar-refractivity contribution is 5.77. The average molecular weight is 295 g/mol. The van der Waals surface area contributed by atoms with E-state index in [-0.39, 0.29) is 11.9 Å². The Hall–Kier alpha value is -1.82. The number of hydrogen-bond donors (Lipinski definition) is 1. The first-order valence-corrected chi connectivity index (χ1v) is 7.16. The highest BCUT2D eigenvalue weighted by Crippen LogP contribution is 2.41. The van der Waals surface area contributed by atoms with Crippen molar-refractivity contribution in [1.82, 2.24) is 4.90 Å². The Morgan fingerprint density at radius 3 is 2.81 bits per heavy atom. The van der Waals surface area contributed by atoms with Crippen LogP contribution < -0.4 is 9.47 Å². The zero-order chi connectivity index (χ0) is 15.0. The van der Waals surface area contributed by atoms with E-state index in [2.05, 4.69) is 0 Å². The standard InChI is InChI=1S/C15H18FNO4/c1-9-8-20-12-7-10(16)6-11(14(12)21-9)13(15(18)19)17-4-2-3-5-17/h6-7,9,13H,2-5,8H2,1H3,(H,18,19). The lowest BCUT2D eigenvalue weighted by molar-refractivity contribution is -0.143. The van der Waals surface area contributed by atoms with Crippen molar-refractivity contribution in [3.63, 3.8) is 0 Å². The summed E-state index contributed by atoms with van der Waals surface area (Å²) in [6, 6.07) is 1.59. The van der Waals surface area contributed by atoms with Gasteiger partial charge in [0.15, 0.2) is 11.5 Å². The summed E-state index contributed by atoms with van der Waals surface area (Å²) in [5.74, 6) is -0.859. The lowest BCUT2D eigenvalue weighted by atomic mass is 10.0. The van der Waals surface area contributed by atoms with Gasteiger partial charge in [0, 0.05) is 11.6 Å². The predicted molar refractivity (Wildman–Crippen MR) is 73.2 cm³/mol. The molecule has 2 heterocycles. The van der Waals surface area contributed by atoms with Crippen LogP contribution in [-0.4, -0.2) is 41.8 Å². The first-order valence-electron chi connectivity index (χ1n) is 7.16. The Labute approximate surface area is 122 Å². The van der Waals surface area contributed by atoms with Gasteiger partial charge in [0.05, 0.1) is 0 Å². The van der Waals surface area contributed by atoms with E-state index in [9.17, 15) is 14.3 Å². The molecule has 0 amide bonds. The second-order valence-electron chi connectivity index (χ2n) is 5.55. The SMILES string of the molecule is CC1COc2cc(F)cc(C(C(=O)O)N3CCCC3)c2O1. The van der Waals surface area contributed by atoms with Gasteiger partial charge in [-0.1, -0.05) is 0 Å². The van der Waals surface area contributed by atoms with Gasteiger partial charge in [-0.2, -0.15) is 0 Å². The topological polar surface area (TPSA) is 59.0 Å². The molecular formula is C15H18FNO4. The molecule has 0 aliphatic carbocycles. The van der Waals surface area contributed by atoms with Crippen molar-refractivity contribution in [3.05, 3.63) is 23.5 Å². The normalized spacial score (nSPS) is 23.0. The molecule has 2 aliphatic rings. The van der Waals surface area contributed by atoms with Crippen molar-refractivity contribution in [3.8, 4) is 11.5 Å².